The van der Waals surface area contributed by atoms with E-state index in [4.69, 9.17) is 21.1 Å². The Morgan fingerprint density at radius 2 is 2.00 bits per heavy atom. The standard InChI is InChI=1S/C24H29ClN6O4/c1-14-11-31(12-15(2)35-14)24-27-10-19(25)22(29-24)28-16-5-6-20(30(3)4)17(9-16)21-18(13-32)23(33)34-8-7-26-21/h5-6,9-10,13-15,26H,7-8,11-12H2,1-4H3,(H,27,28,29). The lowest BCUT2D eigenvalue weighted by Crippen LogP contribution is -2.46. The number of nitrogens with one attached hydrogen (secondary N) is 2. The molecule has 0 aliphatic carbocycles. The van der Waals surface area contributed by atoms with Crippen LogP contribution in [0.1, 0.15) is 19.4 Å². The van der Waals surface area contributed by atoms with Crippen molar-refractivity contribution in [2.45, 2.75) is 26.1 Å². The zero-order chi connectivity index (χ0) is 25.1. The molecule has 4 rings (SSSR count). The topological polar surface area (TPSA) is 109 Å². The monoisotopic (exact) mass is 500 g/mol. The molecule has 3 heterocycles. The molecule has 2 aromatic rings. The van der Waals surface area contributed by atoms with E-state index in [1.165, 1.54) is 0 Å². The summed E-state index contributed by atoms with van der Waals surface area (Å²) in [6, 6.07) is 5.62. The van der Waals surface area contributed by atoms with Crippen molar-refractivity contribution < 1.29 is 19.1 Å². The molecule has 11 heteroatoms. The summed E-state index contributed by atoms with van der Waals surface area (Å²) in [5.41, 5.74) is 2.53. The van der Waals surface area contributed by atoms with E-state index >= 15 is 0 Å². The Balaban J connectivity index is 1.70. The summed E-state index contributed by atoms with van der Waals surface area (Å²) < 4.78 is 10.9. The number of anilines is 4. The molecule has 0 radical (unpaired) electrons. The van der Waals surface area contributed by atoms with E-state index in [-0.39, 0.29) is 24.4 Å². The number of ether oxygens (including phenoxy) is 2. The lowest BCUT2D eigenvalue weighted by Gasteiger charge is -2.35. The molecule has 0 amide bonds. The van der Waals surface area contributed by atoms with Gasteiger partial charge in [0.1, 0.15) is 17.2 Å². The van der Waals surface area contributed by atoms with Gasteiger partial charge in [-0.05, 0) is 32.0 Å². The molecule has 1 saturated heterocycles. The fraction of sp³-hybridized carbons (Fsp3) is 0.417. The van der Waals surface area contributed by atoms with Gasteiger partial charge >= 0.3 is 5.97 Å². The van der Waals surface area contributed by atoms with Gasteiger partial charge in [-0.3, -0.25) is 4.79 Å². The second-order valence-electron chi connectivity index (χ2n) is 8.75. The first-order valence-electron chi connectivity index (χ1n) is 11.4. The van der Waals surface area contributed by atoms with Crippen LogP contribution in [0, 0.1) is 0 Å². The molecule has 1 aromatic heterocycles. The number of halogens is 1. The fourth-order valence-electron chi connectivity index (χ4n) is 4.22. The van der Waals surface area contributed by atoms with E-state index in [0.717, 1.165) is 5.69 Å². The molecular weight excluding hydrogens is 472 g/mol. The number of esters is 1. The van der Waals surface area contributed by atoms with Crippen LogP contribution in [-0.2, 0) is 19.1 Å². The molecule has 1 aromatic carbocycles. The largest absolute Gasteiger partial charge is 0.460 e. The van der Waals surface area contributed by atoms with Crippen LogP contribution in [0.2, 0.25) is 5.02 Å². The molecule has 10 nitrogen and oxygen atoms in total. The zero-order valence-electron chi connectivity index (χ0n) is 20.2. The minimum Gasteiger partial charge on any atom is -0.460 e. The van der Waals surface area contributed by atoms with Crippen LogP contribution < -0.4 is 20.4 Å². The normalized spacial score (nSPS) is 20.6. The summed E-state index contributed by atoms with van der Waals surface area (Å²) in [5.74, 6) is 0.355. The third-order valence-corrected chi connectivity index (χ3v) is 5.96. The van der Waals surface area contributed by atoms with Crippen molar-refractivity contribution in [2.75, 3.05) is 55.5 Å². The summed E-state index contributed by atoms with van der Waals surface area (Å²) in [6.07, 6.45) is 2.22. The van der Waals surface area contributed by atoms with Gasteiger partial charge in [0.2, 0.25) is 5.95 Å². The van der Waals surface area contributed by atoms with E-state index in [9.17, 15) is 9.59 Å². The molecule has 2 atom stereocenters. The number of nitrogens with zero attached hydrogens (tertiary/aromatic N) is 4. The highest BCUT2D eigenvalue weighted by molar-refractivity contribution is 6.32. The Labute approximate surface area is 209 Å². The predicted molar refractivity (Wildman–Crippen MR) is 135 cm³/mol. The van der Waals surface area contributed by atoms with Gasteiger partial charge in [-0.2, -0.15) is 4.98 Å². The molecule has 2 aliphatic heterocycles. The number of benzene rings is 1. The van der Waals surface area contributed by atoms with Gasteiger partial charge < -0.3 is 29.9 Å². The zero-order valence-corrected chi connectivity index (χ0v) is 20.9. The molecule has 0 spiro atoms. The second kappa shape index (κ2) is 10.5. The number of morpholine rings is 1. The summed E-state index contributed by atoms with van der Waals surface area (Å²) in [6.45, 7) is 5.96. The van der Waals surface area contributed by atoms with Gasteiger partial charge in [0.15, 0.2) is 12.1 Å². The highest BCUT2D eigenvalue weighted by atomic mass is 35.5. The smallest absolute Gasteiger partial charge is 0.343 e. The summed E-state index contributed by atoms with van der Waals surface area (Å²) in [5, 5.41) is 6.80. The van der Waals surface area contributed by atoms with E-state index in [1.807, 2.05) is 51.0 Å². The van der Waals surface area contributed by atoms with Gasteiger partial charge in [-0.25, -0.2) is 9.78 Å². The van der Waals surface area contributed by atoms with E-state index < -0.39 is 5.97 Å². The molecule has 2 unspecified atom stereocenters. The number of aldehydes is 1. The Kier molecular flexibility index (Phi) is 7.42. The summed E-state index contributed by atoms with van der Waals surface area (Å²) in [7, 11) is 3.78. The average Bonchev–Trinajstić information content (AvgIpc) is 3.00. The Morgan fingerprint density at radius 3 is 2.69 bits per heavy atom. The maximum atomic E-state index is 12.3. The first-order chi connectivity index (χ1) is 16.8. The van der Waals surface area contributed by atoms with Crippen molar-refractivity contribution in [2.24, 2.45) is 0 Å². The van der Waals surface area contributed by atoms with Crippen molar-refractivity contribution in [3.05, 3.63) is 40.6 Å². The lowest BCUT2D eigenvalue weighted by atomic mass is 10.0. The molecule has 1 fully saturated rings. The SMILES string of the molecule is CC1CN(c2ncc(Cl)c(Nc3ccc(N(C)C)c(C4=C(C=O)C(=O)OCCN4)c3)n2)CC(C)O1. The lowest BCUT2D eigenvalue weighted by molar-refractivity contribution is -0.138. The van der Waals surface area contributed by atoms with E-state index in [1.54, 1.807) is 6.20 Å². The number of rotatable bonds is 6. The van der Waals surface area contributed by atoms with Gasteiger partial charge in [0.25, 0.3) is 0 Å². The first kappa shape index (κ1) is 24.7. The number of hydrogen-bond acceptors (Lipinski definition) is 10. The van der Waals surface area contributed by atoms with Crippen molar-refractivity contribution >= 4 is 52.7 Å². The van der Waals surface area contributed by atoms with Crippen molar-refractivity contribution in [1.82, 2.24) is 15.3 Å². The number of cyclic esters (lactones) is 1. The third-order valence-electron chi connectivity index (χ3n) is 5.69. The van der Waals surface area contributed by atoms with Crippen molar-refractivity contribution in [3.8, 4) is 0 Å². The van der Waals surface area contributed by atoms with Gasteiger partial charge in [0, 0.05) is 50.7 Å². The third kappa shape index (κ3) is 5.49. The van der Waals surface area contributed by atoms with Crippen molar-refractivity contribution in [3.63, 3.8) is 0 Å². The van der Waals surface area contributed by atoms with Crippen LogP contribution in [0.15, 0.2) is 30.0 Å². The predicted octanol–water partition coefficient (Wildman–Crippen LogP) is 2.61. The van der Waals surface area contributed by atoms with Crippen LogP contribution in [0.3, 0.4) is 0 Å². The first-order valence-corrected chi connectivity index (χ1v) is 11.8. The van der Waals surface area contributed by atoms with Crippen LogP contribution in [0.5, 0.6) is 0 Å². The second-order valence-corrected chi connectivity index (χ2v) is 9.16. The molecule has 2 N–H and O–H groups in total. The fourth-order valence-corrected chi connectivity index (χ4v) is 4.36. The van der Waals surface area contributed by atoms with Crippen LogP contribution >= 0.6 is 11.6 Å². The van der Waals surface area contributed by atoms with Crippen LogP contribution in [-0.4, -0.2) is 74.8 Å². The highest BCUT2D eigenvalue weighted by Crippen LogP contribution is 2.33. The highest BCUT2D eigenvalue weighted by Gasteiger charge is 2.26. The molecule has 186 valence electrons. The number of carbonyl (C=O) groups excluding carboxylic acids is 2. The van der Waals surface area contributed by atoms with Crippen LogP contribution in [0.25, 0.3) is 5.70 Å². The molecular formula is C24H29ClN6O4. The Morgan fingerprint density at radius 1 is 1.26 bits per heavy atom. The Hall–Kier alpha value is -3.37. The molecule has 35 heavy (non-hydrogen) atoms. The van der Waals surface area contributed by atoms with Gasteiger partial charge in [-0.1, -0.05) is 11.6 Å². The average molecular weight is 501 g/mol. The van der Waals surface area contributed by atoms with E-state index in [0.29, 0.717) is 59.7 Å². The van der Waals surface area contributed by atoms with Gasteiger partial charge in [0.05, 0.1) is 24.1 Å². The number of carbonyl (C=O) groups is 2. The number of hydrogen-bond donors (Lipinski definition) is 2. The quantitative estimate of drug-likeness (QED) is 0.349. The Bertz CT molecular complexity index is 1140. The van der Waals surface area contributed by atoms with E-state index in [2.05, 4.69) is 25.5 Å². The minimum absolute atomic E-state index is 0.0549. The minimum atomic E-state index is -0.652. The summed E-state index contributed by atoms with van der Waals surface area (Å²) in [4.78, 5) is 37.2. The molecule has 2 aliphatic rings. The summed E-state index contributed by atoms with van der Waals surface area (Å²) >= 11 is 6.43. The number of aromatic nitrogens is 2. The van der Waals surface area contributed by atoms with Gasteiger partial charge in [-0.15, -0.1) is 0 Å². The van der Waals surface area contributed by atoms with Crippen molar-refractivity contribution in [1.29, 1.82) is 0 Å². The van der Waals surface area contributed by atoms with Crippen LogP contribution in [0.4, 0.5) is 23.1 Å². The molecule has 0 bridgehead atoms. The maximum Gasteiger partial charge on any atom is 0.343 e. The molecule has 0 saturated carbocycles. The maximum absolute atomic E-state index is 12.3.